The summed E-state index contributed by atoms with van der Waals surface area (Å²) in [5, 5.41) is 10.9. The van der Waals surface area contributed by atoms with E-state index in [-0.39, 0.29) is 5.56 Å². The highest BCUT2D eigenvalue weighted by Crippen LogP contribution is 2.25. The monoisotopic (exact) mass is 398 g/mol. The molecule has 0 aliphatic rings. The molecule has 2 aromatic carbocycles. The van der Waals surface area contributed by atoms with E-state index in [9.17, 15) is 4.79 Å². The fourth-order valence-corrected chi connectivity index (χ4v) is 4.22. The molecule has 0 spiro atoms. The van der Waals surface area contributed by atoms with Crippen molar-refractivity contribution in [2.45, 2.75) is 37.2 Å². The van der Waals surface area contributed by atoms with E-state index < -0.39 is 0 Å². The van der Waals surface area contributed by atoms with E-state index in [2.05, 4.69) is 17.1 Å². The van der Waals surface area contributed by atoms with Crippen LogP contribution in [0.25, 0.3) is 16.7 Å². The van der Waals surface area contributed by atoms with Crippen molar-refractivity contribution in [3.63, 3.8) is 0 Å². The Morgan fingerprint density at radius 1 is 1.11 bits per heavy atom. The van der Waals surface area contributed by atoms with E-state index in [1.54, 1.807) is 16.3 Å². The topological polar surface area (TPSA) is 52.2 Å². The van der Waals surface area contributed by atoms with Crippen LogP contribution in [0.1, 0.15) is 25.3 Å². The quantitative estimate of drug-likeness (QED) is 0.438. The van der Waals surface area contributed by atoms with Crippen molar-refractivity contribution in [2.75, 3.05) is 0 Å². The molecule has 0 fully saturated rings. The summed E-state index contributed by atoms with van der Waals surface area (Å²) in [6, 6.07) is 15.4. The van der Waals surface area contributed by atoms with Crippen molar-refractivity contribution < 1.29 is 0 Å². The Morgan fingerprint density at radius 2 is 1.96 bits per heavy atom. The number of thioether (sulfide) groups is 1. The Hall–Kier alpha value is -2.31. The minimum absolute atomic E-state index is 0.00894. The normalized spacial score (nSPS) is 11.5. The largest absolute Gasteiger partial charge is 0.276 e. The molecule has 0 aliphatic carbocycles. The van der Waals surface area contributed by atoms with Crippen molar-refractivity contribution in [2.24, 2.45) is 0 Å². The number of rotatable bonds is 6. The highest BCUT2D eigenvalue weighted by molar-refractivity contribution is 7.98. The van der Waals surface area contributed by atoms with Gasteiger partial charge in [0.25, 0.3) is 5.56 Å². The van der Waals surface area contributed by atoms with Gasteiger partial charge in [-0.1, -0.05) is 61.0 Å². The highest BCUT2D eigenvalue weighted by Gasteiger charge is 2.16. The van der Waals surface area contributed by atoms with E-state index in [4.69, 9.17) is 11.6 Å². The van der Waals surface area contributed by atoms with Crippen LogP contribution >= 0.6 is 23.4 Å². The first-order valence-electron chi connectivity index (χ1n) is 8.93. The van der Waals surface area contributed by atoms with Crippen molar-refractivity contribution in [3.8, 4) is 0 Å². The summed E-state index contributed by atoms with van der Waals surface area (Å²) < 4.78 is 3.73. The van der Waals surface area contributed by atoms with Crippen LogP contribution in [0.3, 0.4) is 0 Å². The van der Waals surface area contributed by atoms with E-state index in [1.165, 1.54) is 0 Å². The number of aryl methyl sites for hydroxylation is 1. The lowest BCUT2D eigenvalue weighted by Gasteiger charge is -2.10. The molecule has 5 nitrogen and oxygen atoms in total. The lowest BCUT2D eigenvalue weighted by atomic mass is 10.2. The molecule has 0 saturated carbocycles. The summed E-state index contributed by atoms with van der Waals surface area (Å²) >= 11 is 7.67. The zero-order chi connectivity index (χ0) is 18.8. The third-order valence-electron chi connectivity index (χ3n) is 4.47. The average Bonchev–Trinajstić information content (AvgIpc) is 3.10. The molecule has 0 N–H and O–H groups in total. The van der Waals surface area contributed by atoms with E-state index >= 15 is 0 Å². The zero-order valence-corrected chi connectivity index (χ0v) is 16.5. The van der Waals surface area contributed by atoms with Gasteiger partial charge < -0.3 is 0 Å². The molecule has 4 aromatic rings. The van der Waals surface area contributed by atoms with Crippen LogP contribution in [-0.4, -0.2) is 19.2 Å². The molecule has 0 saturated heterocycles. The van der Waals surface area contributed by atoms with Crippen LogP contribution in [0.4, 0.5) is 0 Å². The SMILES string of the molecule is CCCCn1c(=O)c2ccccc2n2c(SCc3cccc(Cl)c3)nnc12. The van der Waals surface area contributed by atoms with E-state index in [0.717, 1.165) is 39.9 Å². The number of benzene rings is 2. The summed E-state index contributed by atoms with van der Waals surface area (Å²) in [6.45, 7) is 2.75. The maximum Gasteiger partial charge on any atom is 0.262 e. The number of hydrogen-bond donors (Lipinski definition) is 0. The molecule has 138 valence electrons. The second-order valence-electron chi connectivity index (χ2n) is 6.36. The number of nitrogens with zero attached hydrogens (tertiary/aromatic N) is 4. The molecule has 7 heteroatoms. The van der Waals surface area contributed by atoms with Crippen LogP contribution in [0.5, 0.6) is 0 Å². The molecule has 0 unspecified atom stereocenters. The average molecular weight is 399 g/mol. The second kappa shape index (κ2) is 7.74. The molecule has 0 radical (unpaired) electrons. The van der Waals surface area contributed by atoms with Crippen LogP contribution < -0.4 is 5.56 Å². The van der Waals surface area contributed by atoms with Crippen molar-refractivity contribution in [1.82, 2.24) is 19.2 Å². The molecule has 0 aliphatic heterocycles. The van der Waals surface area contributed by atoms with Gasteiger partial charge in [-0.3, -0.25) is 13.8 Å². The number of aromatic nitrogens is 4. The summed E-state index contributed by atoms with van der Waals surface area (Å²) in [5.41, 5.74) is 1.95. The third kappa shape index (κ3) is 3.47. The Balaban J connectivity index is 1.82. The summed E-state index contributed by atoms with van der Waals surface area (Å²) in [6.07, 6.45) is 1.93. The molecule has 0 amide bonds. The Labute approximate surface area is 166 Å². The van der Waals surface area contributed by atoms with Crippen molar-refractivity contribution in [3.05, 3.63) is 69.5 Å². The van der Waals surface area contributed by atoms with Gasteiger partial charge in [0, 0.05) is 17.3 Å². The van der Waals surface area contributed by atoms with Crippen LogP contribution in [0.2, 0.25) is 5.02 Å². The highest BCUT2D eigenvalue weighted by atomic mass is 35.5. The van der Waals surface area contributed by atoms with Gasteiger partial charge in [-0.15, -0.1) is 10.2 Å². The predicted molar refractivity (Wildman–Crippen MR) is 111 cm³/mol. The number of fused-ring (bicyclic) bond motifs is 3. The Bertz CT molecular complexity index is 1170. The lowest BCUT2D eigenvalue weighted by molar-refractivity contribution is 0.620. The predicted octanol–water partition coefficient (Wildman–Crippen LogP) is 4.79. The van der Waals surface area contributed by atoms with E-state index in [1.807, 2.05) is 52.9 Å². The Morgan fingerprint density at radius 3 is 2.78 bits per heavy atom. The number of para-hydroxylation sites is 1. The molecule has 27 heavy (non-hydrogen) atoms. The molecular weight excluding hydrogens is 380 g/mol. The van der Waals surface area contributed by atoms with Crippen molar-refractivity contribution >= 4 is 40.0 Å². The van der Waals surface area contributed by atoms with Gasteiger partial charge in [0.1, 0.15) is 0 Å². The fourth-order valence-electron chi connectivity index (χ4n) is 3.12. The van der Waals surface area contributed by atoms with E-state index in [0.29, 0.717) is 17.7 Å². The molecule has 4 rings (SSSR count). The van der Waals surface area contributed by atoms with Crippen LogP contribution in [0, 0.1) is 0 Å². The summed E-state index contributed by atoms with van der Waals surface area (Å²) in [4.78, 5) is 12.9. The zero-order valence-electron chi connectivity index (χ0n) is 14.9. The molecule has 2 heterocycles. The molecule has 2 aromatic heterocycles. The number of hydrogen-bond acceptors (Lipinski definition) is 4. The molecule has 0 bridgehead atoms. The van der Waals surface area contributed by atoms with Crippen LogP contribution in [0.15, 0.2) is 58.5 Å². The second-order valence-corrected chi connectivity index (χ2v) is 7.74. The minimum atomic E-state index is -0.00894. The van der Waals surface area contributed by atoms with Crippen molar-refractivity contribution in [1.29, 1.82) is 0 Å². The number of unbranched alkanes of at least 4 members (excludes halogenated alkanes) is 1. The molecule has 0 atom stereocenters. The van der Waals surface area contributed by atoms with Gasteiger partial charge in [-0.05, 0) is 36.2 Å². The number of halogens is 1. The maximum absolute atomic E-state index is 12.9. The van der Waals surface area contributed by atoms with Gasteiger partial charge in [0.05, 0.1) is 10.9 Å². The smallest absolute Gasteiger partial charge is 0.262 e. The summed E-state index contributed by atoms with van der Waals surface area (Å²) in [7, 11) is 0. The van der Waals surface area contributed by atoms with Gasteiger partial charge in [0.2, 0.25) is 5.78 Å². The standard InChI is InChI=1S/C20H19ClN4OS/c1-2-3-11-24-18(26)16-9-4-5-10-17(16)25-19(24)22-23-20(25)27-13-14-7-6-8-15(21)12-14/h4-10,12H,2-3,11,13H2,1H3. The molecular formula is C20H19ClN4OS. The van der Waals surface area contributed by atoms with Gasteiger partial charge in [0.15, 0.2) is 5.16 Å². The van der Waals surface area contributed by atoms with Gasteiger partial charge in [-0.2, -0.15) is 0 Å². The fraction of sp³-hybridized carbons (Fsp3) is 0.250. The lowest BCUT2D eigenvalue weighted by Crippen LogP contribution is -2.23. The first kappa shape index (κ1) is 18.1. The Kier molecular flexibility index (Phi) is 5.18. The summed E-state index contributed by atoms with van der Waals surface area (Å²) in [5.74, 6) is 1.32. The first-order chi connectivity index (χ1) is 13.2. The van der Waals surface area contributed by atoms with Crippen LogP contribution in [-0.2, 0) is 12.3 Å². The maximum atomic E-state index is 12.9. The van der Waals surface area contributed by atoms with Gasteiger partial charge in [-0.25, -0.2) is 0 Å². The van der Waals surface area contributed by atoms with Gasteiger partial charge >= 0.3 is 0 Å². The first-order valence-corrected chi connectivity index (χ1v) is 10.3. The third-order valence-corrected chi connectivity index (χ3v) is 5.71. The minimum Gasteiger partial charge on any atom is -0.276 e.